The van der Waals surface area contributed by atoms with Gasteiger partial charge in [0.1, 0.15) is 0 Å². The minimum atomic E-state index is -2.83. The van der Waals surface area contributed by atoms with Crippen LogP contribution in [0.2, 0.25) is 0 Å². The minimum Gasteiger partial charge on any atom is -0.377 e. The lowest BCUT2D eigenvalue weighted by molar-refractivity contribution is -0.125. The average molecular weight is 384 g/mol. The van der Waals surface area contributed by atoms with Crippen molar-refractivity contribution in [3.63, 3.8) is 0 Å². The van der Waals surface area contributed by atoms with Gasteiger partial charge in [0.25, 0.3) is 0 Å². The highest BCUT2D eigenvalue weighted by Crippen LogP contribution is 2.60. The van der Waals surface area contributed by atoms with Crippen LogP contribution in [0.15, 0.2) is 4.99 Å². The molecule has 148 valence electrons. The van der Waals surface area contributed by atoms with Gasteiger partial charge < -0.3 is 15.4 Å². The third-order valence-corrected chi connectivity index (χ3v) is 8.79. The van der Waals surface area contributed by atoms with Crippen LogP contribution >= 0.6 is 0 Å². The maximum Gasteiger partial charge on any atom is 0.191 e. The van der Waals surface area contributed by atoms with E-state index in [1.807, 2.05) is 0 Å². The van der Waals surface area contributed by atoms with Crippen molar-refractivity contribution in [2.45, 2.75) is 64.0 Å². The quantitative estimate of drug-likeness (QED) is 0.558. The zero-order valence-corrected chi connectivity index (χ0v) is 16.7. The largest absolute Gasteiger partial charge is 0.377 e. The highest BCUT2D eigenvalue weighted by molar-refractivity contribution is 7.91. The Balaban J connectivity index is 1.44. The summed E-state index contributed by atoms with van der Waals surface area (Å²) in [5.74, 6) is 2.27. The first-order valence-corrected chi connectivity index (χ1v) is 12.2. The van der Waals surface area contributed by atoms with E-state index in [9.17, 15) is 8.42 Å². The Morgan fingerprint density at radius 3 is 2.77 bits per heavy atom. The van der Waals surface area contributed by atoms with E-state index in [1.54, 1.807) is 0 Å². The van der Waals surface area contributed by atoms with E-state index in [-0.39, 0.29) is 5.92 Å². The van der Waals surface area contributed by atoms with Gasteiger partial charge in [-0.2, -0.15) is 0 Å². The number of sulfone groups is 1. The molecule has 0 bridgehead atoms. The molecule has 4 rings (SSSR count). The van der Waals surface area contributed by atoms with E-state index in [4.69, 9.17) is 9.73 Å². The third kappa shape index (κ3) is 3.37. The molecule has 0 amide bonds. The van der Waals surface area contributed by atoms with E-state index < -0.39 is 9.84 Å². The first-order valence-electron chi connectivity index (χ1n) is 10.4. The smallest absolute Gasteiger partial charge is 0.191 e. The van der Waals surface area contributed by atoms with Crippen LogP contribution < -0.4 is 10.6 Å². The summed E-state index contributed by atoms with van der Waals surface area (Å²) in [4.78, 5) is 4.79. The van der Waals surface area contributed by atoms with E-state index in [2.05, 4.69) is 17.6 Å². The summed E-state index contributed by atoms with van der Waals surface area (Å²) in [5.41, 5.74) is 0.298. The van der Waals surface area contributed by atoms with E-state index in [1.165, 1.54) is 25.7 Å². The predicted octanol–water partition coefficient (Wildman–Crippen LogP) is 1.71. The number of nitrogens with one attached hydrogen (secondary N) is 2. The zero-order valence-electron chi connectivity index (χ0n) is 15.9. The van der Waals surface area contributed by atoms with Crippen LogP contribution in [0.1, 0.15) is 51.9 Å². The summed E-state index contributed by atoms with van der Waals surface area (Å²) < 4.78 is 29.5. The molecule has 4 fully saturated rings. The first kappa shape index (κ1) is 18.5. The minimum absolute atomic E-state index is 0.171. The van der Waals surface area contributed by atoms with E-state index in [0.29, 0.717) is 41.5 Å². The lowest BCUT2D eigenvalue weighted by Crippen LogP contribution is -2.69. The van der Waals surface area contributed by atoms with Gasteiger partial charge in [-0.05, 0) is 38.0 Å². The number of fused-ring (bicyclic) bond motifs is 2. The molecular weight excluding hydrogens is 350 g/mol. The molecule has 2 aliphatic carbocycles. The van der Waals surface area contributed by atoms with Crippen molar-refractivity contribution in [3.8, 4) is 0 Å². The fraction of sp³-hybridized carbons (Fsp3) is 0.947. The van der Waals surface area contributed by atoms with Gasteiger partial charge >= 0.3 is 0 Å². The molecule has 2 saturated carbocycles. The van der Waals surface area contributed by atoms with Crippen molar-refractivity contribution in [1.82, 2.24) is 10.6 Å². The van der Waals surface area contributed by atoms with Crippen LogP contribution in [-0.4, -0.2) is 57.7 Å². The number of hydrogen-bond acceptors (Lipinski definition) is 4. The van der Waals surface area contributed by atoms with Crippen LogP contribution in [0.4, 0.5) is 0 Å². The molecular formula is C19H33N3O3S. The molecule has 4 unspecified atom stereocenters. The van der Waals surface area contributed by atoms with E-state index in [0.717, 1.165) is 38.4 Å². The van der Waals surface area contributed by atoms with Crippen LogP contribution in [0.3, 0.4) is 0 Å². The lowest BCUT2D eigenvalue weighted by atomic mass is 9.54. The fourth-order valence-electron chi connectivity index (χ4n) is 5.68. The summed E-state index contributed by atoms with van der Waals surface area (Å²) >= 11 is 0. The van der Waals surface area contributed by atoms with Crippen molar-refractivity contribution < 1.29 is 13.2 Å². The molecule has 4 atom stereocenters. The third-order valence-electron chi connectivity index (χ3n) is 6.96. The Bertz CT molecular complexity index is 642. The van der Waals surface area contributed by atoms with Gasteiger partial charge in [-0.25, -0.2) is 8.42 Å². The van der Waals surface area contributed by atoms with Crippen LogP contribution in [-0.2, 0) is 14.6 Å². The molecule has 26 heavy (non-hydrogen) atoms. The molecule has 6 nitrogen and oxygen atoms in total. The molecule has 4 aliphatic rings. The molecule has 2 saturated heterocycles. The predicted molar refractivity (Wildman–Crippen MR) is 103 cm³/mol. The second-order valence-corrected chi connectivity index (χ2v) is 10.9. The summed E-state index contributed by atoms with van der Waals surface area (Å²) in [7, 11) is -2.83. The topological polar surface area (TPSA) is 79.8 Å². The van der Waals surface area contributed by atoms with Gasteiger partial charge in [0.2, 0.25) is 0 Å². The van der Waals surface area contributed by atoms with Crippen LogP contribution in [0, 0.1) is 17.3 Å². The SMILES string of the molecule is CCCNC(=NCC1CCS(=O)(=O)C1)NC1C2CCOC2C12CCCC2. The second kappa shape index (κ2) is 7.30. The monoisotopic (exact) mass is 383 g/mol. The Hall–Kier alpha value is -0.820. The summed E-state index contributed by atoms with van der Waals surface area (Å²) in [6, 6.07) is 0.452. The molecule has 0 radical (unpaired) electrons. The highest BCUT2D eigenvalue weighted by Gasteiger charge is 2.65. The summed E-state index contributed by atoms with van der Waals surface area (Å²) in [6.07, 6.45) is 8.50. The molecule has 1 spiro atoms. The number of guanidine groups is 1. The van der Waals surface area contributed by atoms with Crippen molar-refractivity contribution >= 4 is 15.8 Å². The van der Waals surface area contributed by atoms with Crippen LogP contribution in [0.25, 0.3) is 0 Å². The van der Waals surface area contributed by atoms with Crippen molar-refractivity contribution in [1.29, 1.82) is 0 Å². The van der Waals surface area contributed by atoms with Crippen molar-refractivity contribution in [2.24, 2.45) is 22.2 Å². The van der Waals surface area contributed by atoms with Crippen LogP contribution in [0.5, 0.6) is 0 Å². The number of hydrogen-bond donors (Lipinski definition) is 2. The van der Waals surface area contributed by atoms with Gasteiger partial charge in [0.15, 0.2) is 15.8 Å². The van der Waals surface area contributed by atoms with Gasteiger partial charge in [0.05, 0.1) is 17.6 Å². The number of rotatable bonds is 5. The summed E-state index contributed by atoms with van der Waals surface area (Å²) in [6.45, 7) is 4.53. The highest BCUT2D eigenvalue weighted by atomic mass is 32.2. The molecule has 0 aromatic heterocycles. The Morgan fingerprint density at radius 2 is 2.08 bits per heavy atom. The standard InChI is InChI=1S/C19H33N3O3S/c1-2-9-20-18(21-12-14-6-11-26(23,24)13-14)22-16-15-5-10-25-17(15)19(16)7-3-4-8-19/h14-17H,2-13H2,1H3,(H2,20,21,22). The number of aliphatic imine (C=N–C) groups is 1. The Labute approximate surface area is 157 Å². The molecule has 0 aromatic rings. The maximum atomic E-state index is 11.7. The Kier molecular flexibility index (Phi) is 5.21. The molecule has 2 N–H and O–H groups in total. The lowest BCUT2D eigenvalue weighted by Gasteiger charge is -2.57. The van der Waals surface area contributed by atoms with Crippen molar-refractivity contribution in [2.75, 3.05) is 31.2 Å². The zero-order chi connectivity index (χ0) is 18.2. The van der Waals surface area contributed by atoms with Gasteiger partial charge in [-0.15, -0.1) is 0 Å². The first-order chi connectivity index (χ1) is 12.5. The molecule has 2 heterocycles. The number of ether oxygens (including phenoxy) is 1. The normalized spacial score (nSPS) is 37.5. The van der Waals surface area contributed by atoms with Crippen molar-refractivity contribution in [3.05, 3.63) is 0 Å². The van der Waals surface area contributed by atoms with Gasteiger partial charge in [-0.1, -0.05) is 19.8 Å². The maximum absolute atomic E-state index is 11.7. The molecule has 7 heteroatoms. The number of nitrogens with zero attached hydrogens (tertiary/aromatic N) is 1. The molecule has 0 aromatic carbocycles. The Morgan fingerprint density at radius 1 is 1.27 bits per heavy atom. The fourth-order valence-corrected chi connectivity index (χ4v) is 7.53. The second-order valence-electron chi connectivity index (χ2n) is 8.69. The summed E-state index contributed by atoms with van der Waals surface area (Å²) in [5, 5.41) is 7.19. The van der Waals surface area contributed by atoms with E-state index >= 15 is 0 Å². The van der Waals surface area contributed by atoms with Gasteiger partial charge in [-0.3, -0.25) is 4.99 Å². The molecule has 2 aliphatic heterocycles. The van der Waals surface area contributed by atoms with Gasteiger partial charge in [0, 0.05) is 37.1 Å². The average Bonchev–Trinajstić information content (AvgIpc) is 3.32.